The van der Waals surface area contributed by atoms with Crippen LogP contribution in [-0.2, 0) is 17.6 Å². The summed E-state index contributed by atoms with van der Waals surface area (Å²) in [7, 11) is 0. The number of rotatable bonds is 5. The van der Waals surface area contributed by atoms with Crippen molar-refractivity contribution >= 4 is 5.69 Å². The third-order valence-electron chi connectivity index (χ3n) is 4.68. The van der Waals surface area contributed by atoms with Crippen molar-refractivity contribution in [2.45, 2.75) is 32.8 Å². The van der Waals surface area contributed by atoms with Crippen LogP contribution in [0.15, 0.2) is 54.6 Å². The normalized spacial score (nSPS) is 18.4. The maximum atomic E-state index is 5.86. The van der Waals surface area contributed by atoms with Gasteiger partial charge in [0, 0.05) is 18.8 Å². The lowest BCUT2D eigenvalue weighted by atomic mass is 10.0. The SMILES string of the molecule is CC(C)[C@@H]1CN(c2ccc(CCc3ccccc3)cc2)CCO1. The molecular weight excluding hydrogens is 282 g/mol. The van der Waals surface area contributed by atoms with Gasteiger partial charge in [0.25, 0.3) is 0 Å². The van der Waals surface area contributed by atoms with E-state index in [2.05, 4.69) is 73.3 Å². The maximum Gasteiger partial charge on any atom is 0.0773 e. The third-order valence-corrected chi connectivity index (χ3v) is 4.68. The molecule has 0 aliphatic carbocycles. The predicted octanol–water partition coefficient (Wildman–Crippen LogP) is 4.33. The molecule has 1 aliphatic rings. The van der Waals surface area contributed by atoms with Gasteiger partial charge < -0.3 is 9.64 Å². The van der Waals surface area contributed by atoms with Crippen molar-refractivity contribution in [1.29, 1.82) is 0 Å². The van der Waals surface area contributed by atoms with E-state index in [1.807, 2.05) is 0 Å². The number of nitrogens with zero attached hydrogens (tertiary/aromatic N) is 1. The molecule has 0 N–H and O–H groups in total. The Labute approximate surface area is 140 Å². The second-order valence-electron chi connectivity index (χ2n) is 6.75. The van der Waals surface area contributed by atoms with Gasteiger partial charge in [-0.1, -0.05) is 56.3 Å². The fraction of sp³-hybridized carbons (Fsp3) is 0.429. The van der Waals surface area contributed by atoms with Crippen LogP contribution >= 0.6 is 0 Å². The zero-order valence-electron chi connectivity index (χ0n) is 14.2. The fourth-order valence-corrected chi connectivity index (χ4v) is 3.12. The van der Waals surface area contributed by atoms with E-state index in [9.17, 15) is 0 Å². The molecule has 0 spiro atoms. The maximum absolute atomic E-state index is 5.86. The molecule has 2 aromatic rings. The lowest BCUT2D eigenvalue weighted by Gasteiger charge is -2.36. The van der Waals surface area contributed by atoms with Gasteiger partial charge in [0.15, 0.2) is 0 Å². The Morgan fingerprint density at radius 1 is 0.957 bits per heavy atom. The highest BCUT2D eigenvalue weighted by Crippen LogP contribution is 2.21. The summed E-state index contributed by atoms with van der Waals surface area (Å²) in [6.45, 7) is 7.30. The average Bonchev–Trinajstić information content (AvgIpc) is 2.61. The number of aryl methyl sites for hydroxylation is 2. The van der Waals surface area contributed by atoms with Crippen molar-refractivity contribution in [2.24, 2.45) is 5.92 Å². The van der Waals surface area contributed by atoms with Crippen molar-refractivity contribution in [3.8, 4) is 0 Å². The van der Waals surface area contributed by atoms with Crippen LogP contribution in [0.4, 0.5) is 5.69 Å². The predicted molar refractivity (Wildman–Crippen MR) is 97.1 cm³/mol. The molecule has 0 amide bonds. The van der Waals surface area contributed by atoms with Gasteiger partial charge >= 0.3 is 0 Å². The molecule has 1 saturated heterocycles. The first-order chi connectivity index (χ1) is 11.2. The fourth-order valence-electron chi connectivity index (χ4n) is 3.12. The molecule has 0 saturated carbocycles. The van der Waals surface area contributed by atoms with Gasteiger partial charge in [0.2, 0.25) is 0 Å². The van der Waals surface area contributed by atoms with E-state index in [0.717, 1.165) is 32.5 Å². The Kier molecular flexibility index (Phi) is 5.35. The zero-order chi connectivity index (χ0) is 16.1. The Morgan fingerprint density at radius 3 is 2.26 bits per heavy atom. The summed E-state index contributed by atoms with van der Waals surface area (Å²) in [5.41, 5.74) is 4.14. The smallest absolute Gasteiger partial charge is 0.0773 e. The van der Waals surface area contributed by atoms with E-state index in [4.69, 9.17) is 4.74 Å². The molecule has 1 atom stereocenters. The first-order valence-electron chi connectivity index (χ1n) is 8.72. The highest BCUT2D eigenvalue weighted by molar-refractivity contribution is 5.48. The van der Waals surface area contributed by atoms with E-state index in [1.54, 1.807) is 0 Å². The van der Waals surface area contributed by atoms with Gasteiger partial charge in [-0.15, -0.1) is 0 Å². The minimum atomic E-state index is 0.349. The summed E-state index contributed by atoms with van der Waals surface area (Å²) in [6.07, 6.45) is 2.55. The second kappa shape index (κ2) is 7.65. The Morgan fingerprint density at radius 2 is 1.61 bits per heavy atom. The summed E-state index contributed by atoms with van der Waals surface area (Å²) >= 11 is 0. The summed E-state index contributed by atoms with van der Waals surface area (Å²) in [6, 6.07) is 19.8. The molecule has 1 heterocycles. The van der Waals surface area contributed by atoms with Crippen molar-refractivity contribution in [3.05, 3.63) is 65.7 Å². The minimum Gasteiger partial charge on any atom is -0.374 e. The van der Waals surface area contributed by atoms with Crippen molar-refractivity contribution < 1.29 is 4.74 Å². The summed E-state index contributed by atoms with van der Waals surface area (Å²) in [5, 5.41) is 0. The van der Waals surface area contributed by atoms with Crippen molar-refractivity contribution in [1.82, 2.24) is 0 Å². The number of benzene rings is 2. The monoisotopic (exact) mass is 309 g/mol. The van der Waals surface area contributed by atoms with E-state index in [-0.39, 0.29) is 0 Å². The van der Waals surface area contributed by atoms with E-state index < -0.39 is 0 Å². The molecule has 23 heavy (non-hydrogen) atoms. The molecule has 1 fully saturated rings. The number of anilines is 1. The van der Waals surface area contributed by atoms with E-state index in [1.165, 1.54) is 16.8 Å². The standard InChI is InChI=1S/C21H27NO/c1-17(2)21-16-22(14-15-23-21)20-12-10-19(11-13-20)9-8-18-6-4-3-5-7-18/h3-7,10-13,17,21H,8-9,14-16H2,1-2H3/t21-/m0/s1. The summed E-state index contributed by atoms with van der Waals surface area (Å²) in [5.74, 6) is 0.572. The molecule has 3 rings (SSSR count). The van der Waals surface area contributed by atoms with E-state index >= 15 is 0 Å². The minimum absolute atomic E-state index is 0.349. The van der Waals surface area contributed by atoms with Crippen LogP contribution in [0, 0.1) is 5.92 Å². The Bertz CT molecular complexity index is 591. The zero-order valence-corrected chi connectivity index (χ0v) is 14.2. The highest BCUT2D eigenvalue weighted by Gasteiger charge is 2.23. The number of hydrogen-bond donors (Lipinski definition) is 0. The molecular formula is C21H27NO. The van der Waals surface area contributed by atoms with Gasteiger partial charge in [-0.25, -0.2) is 0 Å². The highest BCUT2D eigenvalue weighted by atomic mass is 16.5. The molecule has 0 radical (unpaired) electrons. The molecule has 0 unspecified atom stereocenters. The Hall–Kier alpha value is -1.80. The average molecular weight is 309 g/mol. The second-order valence-corrected chi connectivity index (χ2v) is 6.75. The molecule has 2 nitrogen and oxygen atoms in total. The van der Waals surface area contributed by atoms with Crippen molar-refractivity contribution in [3.63, 3.8) is 0 Å². The van der Waals surface area contributed by atoms with Crippen LogP contribution in [0.2, 0.25) is 0 Å². The van der Waals surface area contributed by atoms with Gasteiger partial charge in [-0.3, -0.25) is 0 Å². The van der Waals surface area contributed by atoms with Crippen LogP contribution in [0.1, 0.15) is 25.0 Å². The first-order valence-corrected chi connectivity index (χ1v) is 8.72. The van der Waals surface area contributed by atoms with Crippen molar-refractivity contribution in [2.75, 3.05) is 24.6 Å². The lowest BCUT2D eigenvalue weighted by molar-refractivity contribution is 0.0114. The molecule has 1 aliphatic heterocycles. The first kappa shape index (κ1) is 16.1. The van der Waals surface area contributed by atoms with Gasteiger partial charge in [-0.05, 0) is 42.0 Å². The van der Waals surface area contributed by atoms with Gasteiger partial charge in [0.1, 0.15) is 0 Å². The molecule has 2 heteroatoms. The van der Waals surface area contributed by atoms with Crippen LogP contribution in [0.25, 0.3) is 0 Å². The molecule has 0 aromatic heterocycles. The number of morpholine rings is 1. The van der Waals surface area contributed by atoms with Crippen LogP contribution in [-0.4, -0.2) is 25.8 Å². The number of ether oxygens (including phenoxy) is 1. The molecule has 122 valence electrons. The molecule has 0 bridgehead atoms. The molecule has 2 aromatic carbocycles. The van der Waals surface area contributed by atoms with Crippen LogP contribution < -0.4 is 4.90 Å². The number of hydrogen-bond acceptors (Lipinski definition) is 2. The van der Waals surface area contributed by atoms with E-state index in [0.29, 0.717) is 12.0 Å². The van der Waals surface area contributed by atoms with Gasteiger partial charge in [-0.2, -0.15) is 0 Å². The largest absolute Gasteiger partial charge is 0.374 e. The summed E-state index contributed by atoms with van der Waals surface area (Å²) in [4.78, 5) is 2.45. The van der Waals surface area contributed by atoms with Crippen LogP contribution in [0.5, 0.6) is 0 Å². The van der Waals surface area contributed by atoms with Crippen LogP contribution in [0.3, 0.4) is 0 Å². The van der Waals surface area contributed by atoms with Gasteiger partial charge in [0.05, 0.1) is 12.7 Å². The lowest BCUT2D eigenvalue weighted by Crippen LogP contribution is -2.44. The Balaban J connectivity index is 1.58. The third kappa shape index (κ3) is 4.35. The summed E-state index contributed by atoms with van der Waals surface area (Å²) < 4.78 is 5.86. The topological polar surface area (TPSA) is 12.5 Å². The quantitative estimate of drug-likeness (QED) is 0.815.